The molecule has 0 fully saturated rings. The standard InChI is InChI=1S/C12H23N5O2S/c1-4-5-8-19-11(18)9-20-12-14-15-16-17(12)7-6-13-10(2)3/h10,13H,4-9H2,1-3H3. The molecule has 0 aromatic carbocycles. The van der Waals surface area contributed by atoms with E-state index < -0.39 is 0 Å². The number of ether oxygens (including phenoxy) is 1. The first-order chi connectivity index (χ1) is 9.63. The van der Waals surface area contributed by atoms with E-state index in [2.05, 4.69) is 41.6 Å². The maximum atomic E-state index is 11.5. The van der Waals surface area contributed by atoms with Crippen LogP contribution in [0.1, 0.15) is 33.6 Å². The van der Waals surface area contributed by atoms with E-state index in [9.17, 15) is 4.79 Å². The van der Waals surface area contributed by atoms with Gasteiger partial charge in [-0.05, 0) is 16.8 Å². The number of carbonyl (C=O) groups excluding carboxylic acids is 1. The van der Waals surface area contributed by atoms with Crippen molar-refractivity contribution in [1.82, 2.24) is 25.5 Å². The van der Waals surface area contributed by atoms with Crippen molar-refractivity contribution in [2.24, 2.45) is 0 Å². The smallest absolute Gasteiger partial charge is 0.316 e. The zero-order chi connectivity index (χ0) is 14.8. The van der Waals surface area contributed by atoms with Crippen molar-refractivity contribution >= 4 is 17.7 Å². The lowest BCUT2D eigenvalue weighted by Crippen LogP contribution is -2.27. The third-order valence-corrected chi connectivity index (χ3v) is 3.39. The van der Waals surface area contributed by atoms with E-state index >= 15 is 0 Å². The minimum Gasteiger partial charge on any atom is -0.465 e. The highest BCUT2D eigenvalue weighted by Gasteiger charge is 2.10. The molecule has 0 unspecified atom stereocenters. The van der Waals surface area contributed by atoms with Crippen LogP contribution < -0.4 is 5.32 Å². The lowest BCUT2D eigenvalue weighted by atomic mass is 10.4. The lowest BCUT2D eigenvalue weighted by molar-refractivity contribution is -0.140. The number of carbonyl (C=O) groups is 1. The molecule has 0 amide bonds. The number of hydrogen-bond donors (Lipinski definition) is 1. The van der Waals surface area contributed by atoms with Gasteiger partial charge in [0.1, 0.15) is 0 Å². The summed E-state index contributed by atoms with van der Waals surface area (Å²) in [6.07, 6.45) is 1.91. The van der Waals surface area contributed by atoms with Gasteiger partial charge >= 0.3 is 5.97 Å². The average molecular weight is 301 g/mol. The van der Waals surface area contributed by atoms with Crippen molar-refractivity contribution in [3.05, 3.63) is 0 Å². The number of nitrogens with zero attached hydrogens (tertiary/aromatic N) is 4. The molecular weight excluding hydrogens is 278 g/mol. The summed E-state index contributed by atoms with van der Waals surface area (Å²) in [5, 5.41) is 15.4. The molecule has 0 bridgehead atoms. The monoisotopic (exact) mass is 301 g/mol. The summed E-state index contributed by atoms with van der Waals surface area (Å²) in [6.45, 7) is 8.18. The quantitative estimate of drug-likeness (QED) is 0.394. The molecule has 0 saturated carbocycles. The van der Waals surface area contributed by atoms with Gasteiger partial charge < -0.3 is 10.1 Å². The summed E-state index contributed by atoms with van der Waals surface area (Å²) in [5.74, 6) is 0.0140. The predicted molar refractivity (Wildman–Crippen MR) is 77.5 cm³/mol. The second-order valence-electron chi connectivity index (χ2n) is 4.66. The molecule has 1 aromatic heterocycles. The zero-order valence-corrected chi connectivity index (χ0v) is 13.2. The van der Waals surface area contributed by atoms with Crippen LogP contribution >= 0.6 is 11.8 Å². The number of hydrogen-bond acceptors (Lipinski definition) is 7. The van der Waals surface area contributed by atoms with E-state index in [0.29, 0.717) is 24.3 Å². The molecule has 114 valence electrons. The van der Waals surface area contributed by atoms with Crippen LogP contribution in [-0.4, -0.2) is 51.1 Å². The first-order valence-electron chi connectivity index (χ1n) is 6.91. The summed E-state index contributed by atoms with van der Waals surface area (Å²) in [6, 6.07) is 0.427. The van der Waals surface area contributed by atoms with Crippen LogP contribution in [0, 0.1) is 0 Å². The number of esters is 1. The molecule has 1 heterocycles. The second kappa shape index (κ2) is 9.71. The zero-order valence-electron chi connectivity index (χ0n) is 12.3. The number of tetrazole rings is 1. The van der Waals surface area contributed by atoms with Gasteiger partial charge in [0.05, 0.1) is 18.9 Å². The number of rotatable bonds is 10. The van der Waals surface area contributed by atoms with Crippen LogP contribution in [0.3, 0.4) is 0 Å². The Labute approximate surface area is 123 Å². The molecular formula is C12H23N5O2S. The Morgan fingerprint density at radius 1 is 1.50 bits per heavy atom. The molecule has 0 aliphatic rings. The first-order valence-corrected chi connectivity index (χ1v) is 7.90. The van der Waals surface area contributed by atoms with Crippen LogP contribution in [0.5, 0.6) is 0 Å². The summed E-state index contributed by atoms with van der Waals surface area (Å²) < 4.78 is 6.78. The molecule has 1 rings (SSSR count). The Kier molecular flexibility index (Phi) is 8.20. The predicted octanol–water partition coefficient (Wildman–Crippen LogP) is 1.11. The van der Waals surface area contributed by atoms with Crippen LogP contribution in [0.2, 0.25) is 0 Å². The molecule has 0 saturated heterocycles. The topological polar surface area (TPSA) is 81.9 Å². The van der Waals surface area contributed by atoms with Gasteiger partial charge in [-0.2, -0.15) is 0 Å². The Bertz CT molecular complexity index is 397. The minimum atomic E-state index is -0.224. The van der Waals surface area contributed by atoms with Gasteiger partial charge in [-0.15, -0.1) is 5.10 Å². The van der Waals surface area contributed by atoms with Crippen molar-refractivity contribution in [2.75, 3.05) is 18.9 Å². The minimum absolute atomic E-state index is 0.224. The molecule has 1 aromatic rings. The van der Waals surface area contributed by atoms with E-state index in [1.807, 2.05) is 0 Å². The van der Waals surface area contributed by atoms with Crippen molar-refractivity contribution < 1.29 is 9.53 Å². The number of nitrogens with one attached hydrogen (secondary N) is 1. The molecule has 0 aliphatic heterocycles. The molecule has 0 radical (unpaired) electrons. The second-order valence-corrected chi connectivity index (χ2v) is 5.60. The molecule has 0 aliphatic carbocycles. The van der Waals surface area contributed by atoms with Crippen molar-refractivity contribution in [1.29, 1.82) is 0 Å². The van der Waals surface area contributed by atoms with Crippen LogP contribution in [0.4, 0.5) is 0 Å². The Balaban J connectivity index is 2.29. The van der Waals surface area contributed by atoms with E-state index in [-0.39, 0.29) is 11.7 Å². The lowest BCUT2D eigenvalue weighted by Gasteiger charge is -2.08. The van der Waals surface area contributed by atoms with Crippen LogP contribution in [0.25, 0.3) is 0 Å². The Morgan fingerprint density at radius 2 is 2.30 bits per heavy atom. The summed E-state index contributed by atoms with van der Waals surface area (Å²) >= 11 is 1.30. The van der Waals surface area contributed by atoms with Crippen molar-refractivity contribution in [3.8, 4) is 0 Å². The van der Waals surface area contributed by atoms with E-state index in [1.54, 1.807) is 4.68 Å². The molecule has 7 nitrogen and oxygen atoms in total. The Hall–Kier alpha value is -1.15. The summed E-state index contributed by atoms with van der Waals surface area (Å²) in [4.78, 5) is 11.5. The maximum Gasteiger partial charge on any atom is 0.316 e. The molecule has 0 spiro atoms. The first kappa shape index (κ1) is 16.9. The van der Waals surface area contributed by atoms with E-state index in [4.69, 9.17) is 4.74 Å². The van der Waals surface area contributed by atoms with Gasteiger partial charge in [0.2, 0.25) is 5.16 Å². The summed E-state index contributed by atoms with van der Waals surface area (Å²) in [5.41, 5.74) is 0. The van der Waals surface area contributed by atoms with Gasteiger partial charge in [0.15, 0.2) is 0 Å². The average Bonchev–Trinajstić information content (AvgIpc) is 2.84. The molecule has 20 heavy (non-hydrogen) atoms. The molecule has 8 heteroatoms. The fourth-order valence-corrected chi connectivity index (χ4v) is 2.10. The van der Waals surface area contributed by atoms with E-state index in [0.717, 1.165) is 19.4 Å². The largest absolute Gasteiger partial charge is 0.465 e. The Morgan fingerprint density at radius 3 is 3.00 bits per heavy atom. The third kappa shape index (κ3) is 6.85. The molecule has 1 N–H and O–H groups in total. The number of unbranched alkanes of at least 4 members (excludes halogenated alkanes) is 1. The van der Waals surface area contributed by atoms with Gasteiger partial charge in [-0.1, -0.05) is 39.0 Å². The normalized spacial score (nSPS) is 11.0. The van der Waals surface area contributed by atoms with E-state index in [1.165, 1.54) is 11.8 Å². The highest BCUT2D eigenvalue weighted by Crippen LogP contribution is 2.13. The van der Waals surface area contributed by atoms with Gasteiger partial charge in [0.25, 0.3) is 0 Å². The molecule has 0 atom stereocenters. The van der Waals surface area contributed by atoms with Crippen LogP contribution in [-0.2, 0) is 16.1 Å². The summed E-state index contributed by atoms with van der Waals surface area (Å²) in [7, 11) is 0. The fraction of sp³-hybridized carbons (Fsp3) is 0.833. The third-order valence-electron chi connectivity index (χ3n) is 2.46. The van der Waals surface area contributed by atoms with Gasteiger partial charge in [-0.3, -0.25) is 4.79 Å². The van der Waals surface area contributed by atoms with Crippen molar-refractivity contribution in [2.45, 2.75) is 51.4 Å². The SMILES string of the molecule is CCCCOC(=O)CSc1nnnn1CCNC(C)C. The number of aromatic nitrogens is 4. The highest BCUT2D eigenvalue weighted by atomic mass is 32.2. The highest BCUT2D eigenvalue weighted by molar-refractivity contribution is 7.99. The van der Waals surface area contributed by atoms with Gasteiger partial charge in [0, 0.05) is 12.6 Å². The number of thioether (sulfide) groups is 1. The van der Waals surface area contributed by atoms with Gasteiger partial charge in [-0.25, -0.2) is 4.68 Å². The van der Waals surface area contributed by atoms with Crippen molar-refractivity contribution in [3.63, 3.8) is 0 Å². The van der Waals surface area contributed by atoms with Crippen LogP contribution in [0.15, 0.2) is 5.16 Å². The fourth-order valence-electron chi connectivity index (χ4n) is 1.39. The maximum absolute atomic E-state index is 11.5.